The van der Waals surface area contributed by atoms with Crippen molar-refractivity contribution in [2.75, 3.05) is 6.61 Å². The SMILES string of the molecule is CC1(C)OC[C@]2(C)C(=O)CCC[C@@H]2O1. The van der Waals surface area contributed by atoms with Crippen molar-refractivity contribution in [3.05, 3.63) is 0 Å². The van der Waals surface area contributed by atoms with Crippen LogP contribution in [0.5, 0.6) is 0 Å². The first-order valence-electron chi connectivity index (χ1n) is 5.29. The van der Waals surface area contributed by atoms with Crippen LogP contribution >= 0.6 is 0 Å². The van der Waals surface area contributed by atoms with Gasteiger partial charge in [-0.1, -0.05) is 0 Å². The zero-order chi connectivity index (χ0) is 10.4. The molecule has 0 spiro atoms. The number of Topliss-reactive ketones (excluding diaryl/α,β-unsaturated/α-hetero) is 1. The van der Waals surface area contributed by atoms with Crippen LogP contribution in [-0.2, 0) is 14.3 Å². The number of rotatable bonds is 0. The molecule has 0 unspecified atom stereocenters. The van der Waals surface area contributed by atoms with Gasteiger partial charge in [0.1, 0.15) is 5.78 Å². The second-order valence-corrected chi connectivity index (χ2v) is 5.03. The molecule has 0 aromatic carbocycles. The summed E-state index contributed by atoms with van der Waals surface area (Å²) in [7, 11) is 0. The van der Waals surface area contributed by atoms with E-state index < -0.39 is 11.2 Å². The van der Waals surface area contributed by atoms with Crippen molar-refractivity contribution < 1.29 is 14.3 Å². The lowest BCUT2D eigenvalue weighted by Gasteiger charge is -2.48. The van der Waals surface area contributed by atoms with Crippen LogP contribution in [0.25, 0.3) is 0 Å². The Kier molecular flexibility index (Phi) is 2.20. The highest BCUT2D eigenvalue weighted by atomic mass is 16.7. The second-order valence-electron chi connectivity index (χ2n) is 5.03. The Balaban J connectivity index is 2.20. The van der Waals surface area contributed by atoms with Gasteiger partial charge in [0.2, 0.25) is 0 Å². The normalized spacial score (nSPS) is 41.9. The number of ketones is 1. The Morgan fingerprint density at radius 3 is 2.79 bits per heavy atom. The molecular formula is C11H18O3. The molecule has 1 aliphatic carbocycles. The summed E-state index contributed by atoms with van der Waals surface area (Å²) in [5, 5.41) is 0. The van der Waals surface area contributed by atoms with Crippen LogP contribution in [0.2, 0.25) is 0 Å². The van der Waals surface area contributed by atoms with Crippen LogP contribution in [0.4, 0.5) is 0 Å². The molecule has 3 nitrogen and oxygen atoms in total. The molecule has 1 saturated carbocycles. The molecule has 80 valence electrons. The first-order valence-corrected chi connectivity index (χ1v) is 5.29. The van der Waals surface area contributed by atoms with E-state index in [2.05, 4.69) is 0 Å². The molecular weight excluding hydrogens is 180 g/mol. The van der Waals surface area contributed by atoms with Gasteiger partial charge in [0.25, 0.3) is 0 Å². The fourth-order valence-electron chi connectivity index (χ4n) is 2.29. The number of carbonyl (C=O) groups is 1. The fourth-order valence-corrected chi connectivity index (χ4v) is 2.29. The molecule has 2 fully saturated rings. The van der Waals surface area contributed by atoms with Gasteiger partial charge >= 0.3 is 0 Å². The van der Waals surface area contributed by atoms with Crippen LogP contribution in [-0.4, -0.2) is 24.3 Å². The molecule has 0 aromatic heterocycles. The van der Waals surface area contributed by atoms with E-state index in [0.29, 0.717) is 18.8 Å². The number of carbonyl (C=O) groups excluding carboxylic acids is 1. The molecule has 0 aromatic rings. The molecule has 2 rings (SSSR count). The van der Waals surface area contributed by atoms with Crippen LogP contribution in [0.15, 0.2) is 0 Å². The molecule has 2 atom stereocenters. The highest BCUT2D eigenvalue weighted by molar-refractivity contribution is 5.86. The summed E-state index contributed by atoms with van der Waals surface area (Å²) in [4.78, 5) is 11.8. The van der Waals surface area contributed by atoms with E-state index in [-0.39, 0.29) is 6.10 Å². The maximum atomic E-state index is 11.8. The lowest BCUT2D eigenvalue weighted by atomic mass is 9.72. The Morgan fingerprint density at radius 2 is 2.07 bits per heavy atom. The molecule has 1 aliphatic heterocycles. The average Bonchev–Trinajstić information content (AvgIpc) is 2.09. The number of fused-ring (bicyclic) bond motifs is 1. The van der Waals surface area contributed by atoms with Gasteiger partial charge in [-0.25, -0.2) is 0 Å². The van der Waals surface area contributed by atoms with Crippen molar-refractivity contribution in [1.82, 2.24) is 0 Å². The highest BCUT2D eigenvalue weighted by Gasteiger charge is 2.50. The van der Waals surface area contributed by atoms with Gasteiger partial charge < -0.3 is 9.47 Å². The van der Waals surface area contributed by atoms with Gasteiger partial charge in [0.15, 0.2) is 5.79 Å². The maximum absolute atomic E-state index is 11.8. The van der Waals surface area contributed by atoms with Crippen molar-refractivity contribution in [2.45, 2.75) is 51.9 Å². The summed E-state index contributed by atoms with van der Waals surface area (Å²) in [5.41, 5.74) is -0.395. The second kappa shape index (κ2) is 3.04. The van der Waals surface area contributed by atoms with E-state index in [1.54, 1.807) is 0 Å². The first-order chi connectivity index (χ1) is 6.44. The predicted molar refractivity (Wildman–Crippen MR) is 51.9 cm³/mol. The molecule has 2 aliphatic rings. The fraction of sp³-hybridized carbons (Fsp3) is 0.909. The average molecular weight is 198 g/mol. The summed E-state index contributed by atoms with van der Waals surface area (Å²) in [6, 6.07) is 0. The predicted octanol–water partition coefficient (Wildman–Crippen LogP) is 1.90. The zero-order valence-electron chi connectivity index (χ0n) is 9.13. The van der Waals surface area contributed by atoms with Crippen LogP contribution in [0.3, 0.4) is 0 Å². The minimum atomic E-state index is -0.526. The Hall–Kier alpha value is -0.410. The lowest BCUT2D eigenvalue weighted by molar-refractivity contribution is -0.311. The van der Waals surface area contributed by atoms with Gasteiger partial charge in [-0.2, -0.15) is 0 Å². The molecule has 0 amide bonds. The maximum Gasteiger partial charge on any atom is 0.163 e. The molecule has 1 saturated heterocycles. The van der Waals surface area contributed by atoms with Crippen molar-refractivity contribution in [2.24, 2.45) is 5.41 Å². The third-order valence-corrected chi connectivity index (χ3v) is 3.36. The Labute approximate surface area is 84.8 Å². The monoisotopic (exact) mass is 198 g/mol. The number of ether oxygens (including phenoxy) is 2. The quantitative estimate of drug-likeness (QED) is 0.596. The first kappa shape index (κ1) is 10.1. The van der Waals surface area contributed by atoms with Crippen molar-refractivity contribution in [1.29, 1.82) is 0 Å². The summed E-state index contributed by atoms with van der Waals surface area (Å²) in [5.74, 6) is -0.230. The van der Waals surface area contributed by atoms with Gasteiger partial charge in [0, 0.05) is 6.42 Å². The van der Waals surface area contributed by atoms with Gasteiger partial charge in [-0.05, 0) is 33.6 Å². The summed E-state index contributed by atoms with van der Waals surface area (Å²) in [6.07, 6.45) is 2.66. The highest BCUT2D eigenvalue weighted by Crippen LogP contribution is 2.42. The minimum Gasteiger partial charge on any atom is -0.349 e. The van der Waals surface area contributed by atoms with Crippen LogP contribution in [0.1, 0.15) is 40.0 Å². The summed E-state index contributed by atoms with van der Waals surface area (Å²) in [6.45, 7) is 6.29. The zero-order valence-corrected chi connectivity index (χ0v) is 9.13. The largest absolute Gasteiger partial charge is 0.349 e. The van der Waals surface area contributed by atoms with Crippen molar-refractivity contribution in [3.63, 3.8) is 0 Å². The Morgan fingerprint density at radius 1 is 1.36 bits per heavy atom. The minimum absolute atomic E-state index is 0.0486. The standard InChI is InChI=1S/C11H18O3/c1-10(2)13-7-11(3)8(12)5-4-6-9(11)14-10/h9H,4-7H2,1-3H3/t9-,11+/m0/s1. The van der Waals surface area contributed by atoms with E-state index in [0.717, 1.165) is 12.8 Å². The molecule has 0 bridgehead atoms. The molecule has 0 N–H and O–H groups in total. The third-order valence-electron chi connectivity index (χ3n) is 3.36. The lowest BCUT2D eigenvalue weighted by Crippen LogP contribution is -2.56. The van der Waals surface area contributed by atoms with E-state index in [9.17, 15) is 4.79 Å². The van der Waals surface area contributed by atoms with Gasteiger partial charge in [-0.3, -0.25) is 4.79 Å². The van der Waals surface area contributed by atoms with Crippen LogP contribution in [0, 0.1) is 5.41 Å². The summed E-state index contributed by atoms with van der Waals surface area (Å²) >= 11 is 0. The van der Waals surface area contributed by atoms with Crippen LogP contribution < -0.4 is 0 Å². The van der Waals surface area contributed by atoms with E-state index in [1.165, 1.54) is 0 Å². The van der Waals surface area contributed by atoms with E-state index in [4.69, 9.17) is 9.47 Å². The molecule has 1 heterocycles. The van der Waals surface area contributed by atoms with E-state index in [1.807, 2.05) is 20.8 Å². The smallest absolute Gasteiger partial charge is 0.163 e. The number of hydrogen-bond acceptors (Lipinski definition) is 3. The summed E-state index contributed by atoms with van der Waals surface area (Å²) < 4.78 is 11.4. The van der Waals surface area contributed by atoms with Crippen molar-refractivity contribution >= 4 is 5.78 Å². The van der Waals surface area contributed by atoms with Gasteiger partial charge in [-0.15, -0.1) is 0 Å². The van der Waals surface area contributed by atoms with Gasteiger partial charge in [0.05, 0.1) is 18.1 Å². The molecule has 3 heteroatoms. The number of hydrogen-bond donors (Lipinski definition) is 0. The third kappa shape index (κ3) is 1.48. The van der Waals surface area contributed by atoms with Crippen molar-refractivity contribution in [3.8, 4) is 0 Å². The topological polar surface area (TPSA) is 35.5 Å². The van der Waals surface area contributed by atoms with E-state index >= 15 is 0 Å². The Bertz CT molecular complexity index is 259. The molecule has 0 radical (unpaired) electrons. The molecule has 14 heavy (non-hydrogen) atoms.